The Morgan fingerprint density at radius 2 is 1.82 bits per heavy atom. The van der Waals surface area contributed by atoms with Crippen molar-refractivity contribution in [1.29, 1.82) is 0 Å². The van der Waals surface area contributed by atoms with Crippen molar-refractivity contribution < 1.29 is 24.4 Å². The van der Waals surface area contributed by atoms with Crippen LogP contribution in [0.4, 0.5) is 5.69 Å². The van der Waals surface area contributed by atoms with E-state index in [1.807, 2.05) is 55.5 Å². The molecular formula is C21H30N3O4+. The molecule has 2 heterocycles. The Morgan fingerprint density at radius 1 is 1.18 bits per heavy atom. The summed E-state index contributed by atoms with van der Waals surface area (Å²) in [6.45, 7) is 3.98. The molecule has 0 radical (unpaired) electrons. The zero-order valence-electron chi connectivity index (χ0n) is 17.3. The summed E-state index contributed by atoms with van der Waals surface area (Å²) in [4.78, 5) is 42.2. The van der Waals surface area contributed by atoms with Gasteiger partial charge in [0.25, 0.3) is 0 Å². The quantitative estimate of drug-likeness (QED) is 0.573. The maximum Gasteiger partial charge on any atom is 0.368 e. The molecule has 28 heavy (non-hydrogen) atoms. The summed E-state index contributed by atoms with van der Waals surface area (Å²) in [5.74, 6) is -2.13. The van der Waals surface area contributed by atoms with Crippen LogP contribution in [0.5, 0.6) is 0 Å². The van der Waals surface area contributed by atoms with Gasteiger partial charge in [-0.3, -0.25) is 14.5 Å². The minimum Gasteiger partial charge on any atom is -0.461 e. The minimum atomic E-state index is -1.06. The average molecular weight is 388 g/mol. The van der Waals surface area contributed by atoms with Gasteiger partial charge in [0.15, 0.2) is 0 Å². The van der Waals surface area contributed by atoms with Gasteiger partial charge in [0.05, 0.1) is 6.61 Å². The Hall–Kier alpha value is -2.41. The number of carbonyl (C=O) groups is 3. The monoisotopic (exact) mass is 388 g/mol. The second-order valence-corrected chi connectivity index (χ2v) is 7.93. The van der Waals surface area contributed by atoms with Gasteiger partial charge in [-0.2, -0.15) is 0 Å². The maximum absolute atomic E-state index is 13.0. The number of esters is 1. The number of benzene rings is 1. The molecule has 152 valence electrons. The van der Waals surface area contributed by atoms with Crippen LogP contribution in [0.3, 0.4) is 0 Å². The normalized spacial score (nSPS) is 29.2. The van der Waals surface area contributed by atoms with Crippen molar-refractivity contribution in [2.45, 2.75) is 38.3 Å². The topological polar surface area (TPSA) is 83.5 Å². The Morgan fingerprint density at radius 3 is 2.36 bits per heavy atom. The molecule has 2 N–H and O–H groups in total. The lowest BCUT2D eigenvalue weighted by molar-refractivity contribution is -0.735. The average Bonchev–Trinajstić information content (AvgIpc) is 3.13. The number of likely N-dealkylation sites (tertiary alicyclic amines) is 1. The lowest BCUT2D eigenvalue weighted by Crippen LogP contribution is -2.98. The number of ether oxygens (including phenoxy) is 1. The van der Waals surface area contributed by atoms with Crippen molar-refractivity contribution in [3.63, 3.8) is 0 Å². The number of nitrogens with zero attached hydrogens (tertiary/aromatic N) is 2. The van der Waals surface area contributed by atoms with Crippen LogP contribution in [0.2, 0.25) is 0 Å². The molecule has 0 saturated carbocycles. The van der Waals surface area contributed by atoms with Crippen LogP contribution in [-0.4, -0.2) is 56.0 Å². The van der Waals surface area contributed by atoms with Gasteiger partial charge in [-0.1, -0.05) is 19.1 Å². The van der Waals surface area contributed by atoms with E-state index in [-0.39, 0.29) is 24.5 Å². The van der Waals surface area contributed by atoms with Gasteiger partial charge in [-0.15, -0.1) is 0 Å². The number of imide groups is 1. The smallest absolute Gasteiger partial charge is 0.368 e. The van der Waals surface area contributed by atoms with Gasteiger partial charge in [-0.25, -0.2) is 4.79 Å². The summed E-state index contributed by atoms with van der Waals surface area (Å²) in [5, 5.41) is 1.93. The van der Waals surface area contributed by atoms with Crippen LogP contribution >= 0.6 is 0 Å². The first-order valence-electron chi connectivity index (χ1n) is 9.90. The highest BCUT2D eigenvalue weighted by Gasteiger charge is 2.71. The van der Waals surface area contributed by atoms with Crippen molar-refractivity contribution in [1.82, 2.24) is 4.90 Å². The number of carbonyl (C=O) groups excluding carboxylic acids is 3. The predicted octanol–water partition coefficient (Wildman–Crippen LogP) is 0.704. The van der Waals surface area contributed by atoms with E-state index < -0.39 is 23.3 Å². The Kier molecular flexibility index (Phi) is 5.48. The number of hydrogen-bond acceptors (Lipinski definition) is 5. The molecule has 0 unspecified atom stereocenters. The Bertz CT molecular complexity index is 776. The van der Waals surface area contributed by atoms with Gasteiger partial charge >= 0.3 is 5.97 Å². The van der Waals surface area contributed by atoms with Crippen LogP contribution in [0.1, 0.15) is 38.3 Å². The molecule has 7 heteroatoms. The third-order valence-corrected chi connectivity index (χ3v) is 6.10. The van der Waals surface area contributed by atoms with E-state index >= 15 is 0 Å². The van der Waals surface area contributed by atoms with E-state index in [1.54, 1.807) is 6.92 Å². The van der Waals surface area contributed by atoms with Gasteiger partial charge < -0.3 is 15.0 Å². The van der Waals surface area contributed by atoms with E-state index in [9.17, 15) is 14.4 Å². The third-order valence-electron chi connectivity index (χ3n) is 6.10. The number of fused-ring (bicyclic) bond motifs is 1. The second-order valence-electron chi connectivity index (χ2n) is 7.93. The highest BCUT2D eigenvalue weighted by atomic mass is 16.5. The first kappa shape index (κ1) is 20.3. The van der Waals surface area contributed by atoms with Crippen molar-refractivity contribution in [2.75, 3.05) is 32.6 Å². The van der Waals surface area contributed by atoms with Crippen LogP contribution < -0.4 is 10.2 Å². The molecule has 7 nitrogen and oxygen atoms in total. The van der Waals surface area contributed by atoms with Crippen molar-refractivity contribution in [3.8, 4) is 0 Å². The highest BCUT2D eigenvalue weighted by molar-refractivity contribution is 6.08. The number of rotatable bonds is 6. The maximum atomic E-state index is 13.0. The molecule has 2 aliphatic heterocycles. The van der Waals surface area contributed by atoms with Crippen molar-refractivity contribution in [2.24, 2.45) is 11.8 Å². The van der Waals surface area contributed by atoms with Crippen LogP contribution in [0.15, 0.2) is 24.3 Å². The van der Waals surface area contributed by atoms with Crippen LogP contribution in [-0.2, 0) is 19.1 Å². The summed E-state index contributed by atoms with van der Waals surface area (Å²) in [6.07, 6.45) is 1.21. The number of hydrogen-bond donors (Lipinski definition) is 1. The van der Waals surface area contributed by atoms with E-state index in [0.29, 0.717) is 6.42 Å². The summed E-state index contributed by atoms with van der Waals surface area (Å²) in [5.41, 5.74) is 0.937. The molecule has 2 aliphatic rings. The van der Waals surface area contributed by atoms with Gasteiger partial charge in [0.2, 0.25) is 17.4 Å². The fraction of sp³-hybridized carbons (Fsp3) is 0.571. The number of amides is 2. The van der Waals surface area contributed by atoms with E-state index in [4.69, 9.17) is 4.74 Å². The van der Waals surface area contributed by atoms with Crippen molar-refractivity contribution in [3.05, 3.63) is 29.8 Å². The second kappa shape index (κ2) is 7.54. The first-order valence-corrected chi connectivity index (χ1v) is 9.90. The largest absolute Gasteiger partial charge is 0.461 e. The Balaban J connectivity index is 2.08. The zero-order valence-corrected chi connectivity index (χ0v) is 17.3. The number of nitrogens with two attached hydrogens (primary N) is 1. The predicted molar refractivity (Wildman–Crippen MR) is 104 cm³/mol. The summed E-state index contributed by atoms with van der Waals surface area (Å²) < 4.78 is 5.38. The zero-order chi connectivity index (χ0) is 20.6. The molecule has 0 aliphatic carbocycles. The van der Waals surface area contributed by atoms with Crippen LogP contribution in [0.25, 0.3) is 0 Å². The third kappa shape index (κ3) is 2.98. The first-order chi connectivity index (χ1) is 13.3. The number of quaternary nitrogens is 1. The molecular weight excluding hydrogens is 358 g/mol. The molecule has 0 aromatic heterocycles. The molecule has 0 spiro atoms. The lowest BCUT2D eigenvalue weighted by atomic mass is 9.77. The Labute approximate surface area is 166 Å². The standard InChI is InChI=1S/C21H29N3O4/c1-6-12-21(20(27)28-7-2)16-15(18(25)24(5)19(16)26)17(22-21)13-8-10-14(11-9-13)23(3)4/h8-11,15-17,22H,6-7,12H2,1-5H3/p+1/t15-,16-,17-,21+/m0/s1. The van der Waals surface area contributed by atoms with Gasteiger partial charge in [-0.05, 0) is 25.5 Å². The van der Waals surface area contributed by atoms with Gasteiger partial charge in [0.1, 0.15) is 17.9 Å². The highest BCUT2D eigenvalue weighted by Crippen LogP contribution is 2.45. The molecule has 2 amide bonds. The number of anilines is 1. The lowest BCUT2D eigenvalue weighted by Gasteiger charge is -2.29. The SMILES string of the molecule is CCC[C@@]1(C(=O)OCC)[NH2+][C@@H](c2ccc(N(C)C)cc2)[C@H]2C(=O)N(C)C(=O)[C@H]21. The van der Waals surface area contributed by atoms with Crippen LogP contribution in [0, 0.1) is 11.8 Å². The van der Waals surface area contributed by atoms with E-state index in [0.717, 1.165) is 17.7 Å². The summed E-state index contributed by atoms with van der Waals surface area (Å²) in [7, 11) is 5.44. The minimum absolute atomic E-state index is 0.213. The van der Waals surface area contributed by atoms with E-state index in [1.165, 1.54) is 11.9 Å². The summed E-state index contributed by atoms with van der Waals surface area (Å²) in [6, 6.07) is 7.66. The fourth-order valence-electron chi connectivity index (χ4n) is 4.78. The van der Waals surface area contributed by atoms with Gasteiger partial charge in [0, 0.05) is 38.8 Å². The molecule has 4 atom stereocenters. The fourth-order valence-corrected chi connectivity index (χ4v) is 4.78. The van der Waals surface area contributed by atoms with E-state index in [2.05, 4.69) is 0 Å². The summed E-state index contributed by atoms with van der Waals surface area (Å²) >= 11 is 0. The molecule has 0 bridgehead atoms. The van der Waals surface area contributed by atoms with Crippen molar-refractivity contribution >= 4 is 23.5 Å². The molecule has 2 saturated heterocycles. The molecule has 2 fully saturated rings. The molecule has 3 rings (SSSR count). The molecule has 1 aromatic carbocycles. The molecule has 1 aromatic rings.